The van der Waals surface area contributed by atoms with E-state index in [4.69, 9.17) is 9.84 Å². The van der Waals surface area contributed by atoms with Gasteiger partial charge in [-0.1, -0.05) is 18.2 Å². The first-order valence-corrected chi connectivity index (χ1v) is 20.4. The maximum absolute atomic E-state index is 13.4. The number of benzene rings is 2. The van der Waals surface area contributed by atoms with Crippen LogP contribution in [0.5, 0.6) is 5.75 Å². The van der Waals surface area contributed by atoms with Gasteiger partial charge in [-0.05, 0) is 113 Å². The summed E-state index contributed by atoms with van der Waals surface area (Å²) in [6.07, 6.45) is 7.25. The first-order chi connectivity index (χ1) is 28.3. The van der Waals surface area contributed by atoms with Crippen molar-refractivity contribution in [2.24, 2.45) is 18.9 Å². The van der Waals surface area contributed by atoms with Crippen LogP contribution in [0, 0.1) is 11.8 Å². The molecule has 312 valence electrons. The number of carbonyl (C=O) groups excluding carboxylic acids is 3. The first-order valence-electron chi connectivity index (χ1n) is 20.4. The molecular formula is C43H49F3N8O5. The molecule has 0 bridgehead atoms. The number of rotatable bonds is 10. The predicted octanol–water partition coefficient (Wildman–Crippen LogP) is 6.81. The summed E-state index contributed by atoms with van der Waals surface area (Å²) in [6.45, 7) is 1.04. The number of pyridine rings is 1. The molecule has 4 heterocycles. The van der Waals surface area contributed by atoms with Crippen molar-refractivity contribution in [3.63, 3.8) is 0 Å². The number of imidazole rings is 1. The number of methoxy groups -OCH3 is 1. The van der Waals surface area contributed by atoms with Crippen molar-refractivity contribution in [1.82, 2.24) is 34.1 Å². The highest BCUT2D eigenvalue weighted by atomic mass is 19.4. The largest absolute Gasteiger partial charge is 0.494 e. The number of imide groups is 1. The number of piperidine rings is 1. The van der Waals surface area contributed by atoms with Crippen LogP contribution < -0.4 is 21.1 Å². The third-order valence-electron chi connectivity index (χ3n) is 12.8. The maximum atomic E-state index is 13.4. The number of anilines is 1. The SMILES string of the molecule is COc1cc2nn([C@H]3CC[C@H](CN(C)[C@H]4CC[C@H](Cc5cccc6c5n(C)c(=O)n6C5CCC(=O)NC5=O)CC4)CC3)cc2cc1NC(=O)c1cccc(C(F)(F)F)n1. The number of hydrogen-bond acceptors (Lipinski definition) is 8. The van der Waals surface area contributed by atoms with Crippen LogP contribution in [0.2, 0.25) is 0 Å². The molecule has 3 amide bonds. The molecule has 2 aromatic carbocycles. The van der Waals surface area contributed by atoms with Crippen molar-refractivity contribution in [3.8, 4) is 5.75 Å². The van der Waals surface area contributed by atoms with Gasteiger partial charge in [0, 0.05) is 43.7 Å². The van der Waals surface area contributed by atoms with Gasteiger partial charge < -0.3 is 15.0 Å². The summed E-state index contributed by atoms with van der Waals surface area (Å²) in [5, 5.41) is 10.7. The van der Waals surface area contributed by atoms with E-state index >= 15 is 0 Å². The second-order valence-electron chi connectivity index (χ2n) is 16.5. The van der Waals surface area contributed by atoms with Gasteiger partial charge in [-0.15, -0.1) is 0 Å². The predicted molar refractivity (Wildman–Crippen MR) is 215 cm³/mol. The molecule has 1 aliphatic heterocycles. The van der Waals surface area contributed by atoms with E-state index in [2.05, 4.69) is 33.6 Å². The molecular weight excluding hydrogens is 766 g/mol. The van der Waals surface area contributed by atoms with E-state index in [9.17, 15) is 32.3 Å². The fraction of sp³-hybridized carbons (Fsp3) is 0.488. The number of aromatic nitrogens is 5. The number of nitrogens with zero attached hydrogens (tertiary/aromatic N) is 6. The van der Waals surface area contributed by atoms with Gasteiger partial charge in [0.05, 0.1) is 35.4 Å². The third-order valence-corrected chi connectivity index (χ3v) is 12.8. The van der Waals surface area contributed by atoms with E-state index in [0.717, 1.165) is 98.4 Å². The van der Waals surface area contributed by atoms with Gasteiger partial charge in [0.15, 0.2) is 0 Å². The number of amides is 3. The highest BCUT2D eigenvalue weighted by Crippen LogP contribution is 2.38. The van der Waals surface area contributed by atoms with Gasteiger partial charge in [0.1, 0.15) is 23.2 Å². The Bertz CT molecular complexity index is 2460. The Kier molecular flexibility index (Phi) is 11.1. The number of para-hydroxylation sites is 1. The van der Waals surface area contributed by atoms with E-state index in [-0.39, 0.29) is 29.8 Å². The molecule has 8 rings (SSSR count). The van der Waals surface area contributed by atoms with Crippen molar-refractivity contribution in [2.45, 2.75) is 94.9 Å². The fourth-order valence-electron chi connectivity index (χ4n) is 9.59. The standard InChI is InChI=1S/C43H49F3N8O5/c1-51(29-14-10-25(11-15-29)20-27-6-4-8-34-39(27)52(2)42(58)54(34)35-18-19-38(55)49-41(35)57)23-26-12-16-30(17-13-26)53-24-28-21-33(36(59-3)22-32(28)50-53)48-40(56)31-7-5-9-37(47-31)43(44,45)46/h4-9,21-22,24-26,29-30,35H,10-20,23H2,1-3H3,(H,48,56)(H,49,55,57)/t25-,26-,29-,30-,35?. The van der Waals surface area contributed by atoms with Crippen LogP contribution in [0.25, 0.3) is 21.9 Å². The molecule has 3 fully saturated rings. The number of nitrogens with one attached hydrogen (secondary N) is 2. The second kappa shape index (κ2) is 16.3. The Balaban J connectivity index is 0.842. The fourth-order valence-corrected chi connectivity index (χ4v) is 9.59. The number of alkyl halides is 3. The molecule has 0 spiro atoms. The van der Waals surface area contributed by atoms with E-state index in [1.54, 1.807) is 28.3 Å². The lowest BCUT2D eigenvalue weighted by molar-refractivity contribution is -0.141. The van der Waals surface area contributed by atoms with Crippen LogP contribution in [0.4, 0.5) is 18.9 Å². The zero-order valence-electron chi connectivity index (χ0n) is 33.4. The van der Waals surface area contributed by atoms with E-state index in [1.165, 1.54) is 13.2 Å². The summed E-state index contributed by atoms with van der Waals surface area (Å²) < 4.78 is 50.3. The van der Waals surface area contributed by atoms with Crippen LogP contribution >= 0.6 is 0 Å². The number of halogens is 3. The molecule has 2 saturated carbocycles. The van der Waals surface area contributed by atoms with Crippen molar-refractivity contribution >= 4 is 45.3 Å². The summed E-state index contributed by atoms with van der Waals surface area (Å²) >= 11 is 0. The van der Waals surface area contributed by atoms with Crippen molar-refractivity contribution in [1.29, 1.82) is 0 Å². The summed E-state index contributed by atoms with van der Waals surface area (Å²) in [4.78, 5) is 56.8. The average molecular weight is 815 g/mol. The molecule has 2 N–H and O–H groups in total. The Morgan fingerprint density at radius 3 is 2.41 bits per heavy atom. The molecule has 1 atom stereocenters. The molecule has 3 aliphatic rings. The molecule has 0 radical (unpaired) electrons. The zero-order valence-corrected chi connectivity index (χ0v) is 33.4. The number of hydrogen-bond donors (Lipinski definition) is 2. The summed E-state index contributed by atoms with van der Waals surface area (Å²) in [6, 6.07) is 12.7. The first kappa shape index (κ1) is 40.3. The van der Waals surface area contributed by atoms with E-state index < -0.39 is 29.7 Å². The number of ether oxygens (including phenoxy) is 1. The van der Waals surface area contributed by atoms with Crippen LogP contribution in [-0.4, -0.2) is 73.3 Å². The highest BCUT2D eigenvalue weighted by Gasteiger charge is 2.34. The van der Waals surface area contributed by atoms with Crippen molar-refractivity contribution in [3.05, 3.63) is 82.2 Å². The van der Waals surface area contributed by atoms with Crippen LogP contribution in [0.15, 0.2) is 59.5 Å². The Labute approximate surface area is 338 Å². The maximum Gasteiger partial charge on any atom is 0.433 e. The third kappa shape index (κ3) is 8.23. The topological polar surface area (TPSA) is 145 Å². The lowest BCUT2D eigenvalue weighted by atomic mass is 9.81. The normalized spacial score (nSPS) is 22.9. The number of carbonyl (C=O) groups is 3. The number of fused-ring (bicyclic) bond motifs is 2. The minimum atomic E-state index is -4.67. The van der Waals surface area contributed by atoms with Crippen molar-refractivity contribution in [2.75, 3.05) is 26.0 Å². The molecule has 13 nitrogen and oxygen atoms in total. The number of aryl methyl sites for hydroxylation is 1. The smallest absolute Gasteiger partial charge is 0.433 e. The highest BCUT2D eigenvalue weighted by molar-refractivity contribution is 6.05. The van der Waals surface area contributed by atoms with Gasteiger partial charge in [0.25, 0.3) is 5.91 Å². The lowest BCUT2D eigenvalue weighted by Crippen LogP contribution is -2.44. The Hall–Kier alpha value is -5.51. The monoisotopic (exact) mass is 814 g/mol. The quantitative estimate of drug-likeness (QED) is 0.147. The molecule has 1 saturated heterocycles. The molecule has 5 aromatic rings. The van der Waals surface area contributed by atoms with E-state index in [0.29, 0.717) is 41.3 Å². The minimum Gasteiger partial charge on any atom is -0.494 e. The van der Waals surface area contributed by atoms with Gasteiger partial charge in [-0.3, -0.25) is 33.5 Å². The molecule has 16 heteroatoms. The summed E-state index contributed by atoms with van der Waals surface area (Å²) in [5.41, 5.74) is 2.00. The lowest BCUT2D eigenvalue weighted by Gasteiger charge is -2.38. The summed E-state index contributed by atoms with van der Waals surface area (Å²) in [5.74, 6) is -0.0816. The molecule has 2 aliphatic carbocycles. The second-order valence-corrected chi connectivity index (χ2v) is 16.5. The Morgan fingerprint density at radius 2 is 1.69 bits per heavy atom. The minimum absolute atomic E-state index is 0.212. The van der Waals surface area contributed by atoms with Gasteiger partial charge in [-0.25, -0.2) is 9.78 Å². The molecule has 1 unspecified atom stereocenters. The van der Waals surface area contributed by atoms with E-state index in [1.807, 2.05) is 23.0 Å². The van der Waals surface area contributed by atoms with Crippen LogP contribution in [0.1, 0.15) is 98.0 Å². The molecule has 59 heavy (non-hydrogen) atoms. The van der Waals surface area contributed by atoms with Crippen molar-refractivity contribution < 1.29 is 32.3 Å². The molecule has 3 aromatic heterocycles. The zero-order chi connectivity index (χ0) is 41.6. The average Bonchev–Trinajstić information content (AvgIpc) is 3.75. The van der Waals surface area contributed by atoms with Gasteiger partial charge in [-0.2, -0.15) is 18.3 Å². The summed E-state index contributed by atoms with van der Waals surface area (Å²) in [7, 11) is 5.47. The van der Waals surface area contributed by atoms with Gasteiger partial charge >= 0.3 is 11.9 Å². The Morgan fingerprint density at radius 1 is 0.966 bits per heavy atom. The van der Waals surface area contributed by atoms with Crippen LogP contribution in [-0.2, 0) is 29.2 Å². The van der Waals surface area contributed by atoms with Crippen LogP contribution in [0.3, 0.4) is 0 Å². The van der Waals surface area contributed by atoms with Gasteiger partial charge in [0.2, 0.25) is 11.8 Å².